The summed E-state index contributed by atoms with van der Waals surface area (Å²) in [5.41, 5.74) is 28.1. The van der Waals surface area contributed by atoms with Crippen molar-refractivity contribution in [1.29, 1.82) is 0 Å². The highest BCUT2D eigenvalue weighted by atomic mass is 127. The molecule has 3 heterocycles. The van der Waals surface area contributed by atoms with Crippen LogP contribution in [0.25, 0.3) is 28.6 Å². The Bertz CT molecular complexity index is 2800. The lowest BCUT2D eigenvalue weighted by molar-refractivity contribution is 0.574. The van der Waals surface area contributed by atoms with Gasteiger partial charge in [-0.05, 0) is 109 Å². The molecule has 5 heteroatoms. The van der Waals surface area contributed by atoms with E-state index < -0.39 is 0 Å². The molecule has 4 nitrogen and oxygen atoms in total. The summed E-state index contributed by atoms with van der Waals surface area (Å²) in [5.74, 6) is 1.37. The predicted molar refractivity (Wildman–Crippen MR) is 238 cm³/mol. The Kier molecular flexibility index (Phi) is 7.29. The molecule has 3 aromatic rings. The average molecular weight is 835 g/mol. The van der Waals surface area contributed by atoms with Gasteiger partial charge in [0, 0.05) is 52.4 Å². The number of pyridine rings is 2. The number of aromatic nitrogens is 2. The van der Waals surface area contributed by atoms with Crippen molar-refractivity contribution in [3.05, 3.63) is 210 Å². The Hall–Kier alpha value is -5.53. The minimum absolute atomic E-state index is 0.00845. The van der Waals surface area contributed by atoms with Crippen molar-refractivity contribution in [2.45, 2.75) is 25.3 Å². The molecule has 0 bridgehead atoms. The molecule has 0 radical (unpaired) electrons. The van der Waals surface area contributed by atoms with Crippen LogP contribution in [-0.4, -0.2) is 9.97 Å². The van der Waals surface area contributed by atoms with Gasteiger partial charge in [-0.25, -0.2) is 4.98 Å². The van der Waals surface area contributed by atoms with Gasteiger partial charge in [-0.15, -0.1) is 0 Å². The second-order valence-corrected chi connectivity index (χ2v) is 16.9. The van der Waals surface area contributed by atoms with E-state index in [0.29, 0.717) is 17.8 Å². The smallest absolute Gasteiger partial charge is 0.0946 e. The third kappa shape index (κ3) is 4.70. The van der Waals surface area contributed by atoms with Crippen molar-refractivity contribution in [3.8, 4) is 0 Å². The van der Waals surface area contributed by atoms with Crippen molar-refractivity contribution < 1.29 is 0 Å². The van der Waals surface area contributed by atoms with Crippen LogP contribution >= 0.6 is 22.6 Å². The number of rotatable bonds is 3. The Balaban J connectivity index is 1.09. The SMILES string of the molecule is Nc1c(/C=C\I)ccc2ccc(C3=C4C=CCCC4=C(C4=CC=C5C=Cc6cccnc6C5N4)C4C=C5C(=CC34)C3=CC4C=CC=CC4C4=C3C5CC=C4)nc12. The van der Waals surface area contributed by atoms with Gasteiger partial charge in [0.05, 0.1) is 28.6 Å². The molecule has 56 heavy (non-hydrogen) atoms. The lowest BCUT2D eigenvalue weighted by atomic mass is 9.64. The average Bonchev–Trinajstić information content (AvgIpc) is 3.55. The number of fused-ring (bicyclic) bond motifs is 11. The first kappa shape index (κ1) is 32.7. The Labute approximate surface area is 341 Å². The molecule has 0 amide bonds. The Morgan fingerprint density at radius 1 is 0.839 bits per heavy atom. The summed E-state index contributed by atoms with van der Waals surface area (Å²) in [7, 11) is 0. The summed E-state index contributed by atoms with van der Waals surface area (Å²) in [6.45, 7) is 0. The number of nitrogen functional groups attached to an aromatic ring is 1. The lowest BCUT2D eigenvalue weighted by Crippen LogP contribution is -2.34. The number of dihydropyridines is 1. The quantitative estimate of drug-likeness (QED) is 0.204. The fourth-order valence-electron chi connectivity index (χ4n) is 11.0. The molecular weight excluding hydrogens is 795 g/mol. The van der Waals surface area contributed by atoms with E-state index >= 15 is 0 Å². The second-order valence-electron chi connectivity index (χ2n) is 16.2. The number of nitrogens with one attached hydrogen (secondary N) is 1. The van der Waals surface area contributed by atoms with Crippen molar-refractivity contribution in [3.63, 3.8) is 0 Å². The summed E-state index contributed by atoms with van der Waals surface area (Å²) in [5, 5.41) is 5.14. The fraction of sp³-hybridized carbons (Fsp3) is 0.176. The van der Waals surface area contributed by atoms with Gasteiger partial charge in [-0.1, -0.05) is 132 Å². The van der Waals surface area contributed by atoms with Crippen molar-refractivity contribution >= 4 is 56.9 Å². The third-order valence-corrected chi connectivity index (χ3v) is 13.8. The van der Waals surface area contributed by atoms with Crippen LogP contribution in [0.5, 0.6) is 0 Å². The molecule has 3 N–H and O–H groups in total. The summed E-state index contributed by atoms with van der Waals surface area (Å²) < 4.78 is 2.01. The molecule has 270 valence electrons. The highest BCUT2D eigenvalue weighted by Gasteiger charge is 2.48. The van der Waals surface area contributed by atoms with Crippen molar-refractivity contribution in [2.75, 3.05) is 5.73 Å². The minimum atomic E-state index is 0.00845. The second kappa shape index (κ2) is 12.5. The number of nitrogens with two attached hydrogens (primary N) is 1. The molecule has 9 aliphatic rings. The lowest BCUT2D eigenvalue weighted by Gasteiger charge is -2.42. The first-order valence-corrected chi connectivity index (χ1v) is 21.2. The van der Waals surface area contributed by atoms with Crippen molar-refractivity contribution in [2.24, 2.45) is 29.6 Å². The van der Waals surface area contributed by atoms with Crippen LogP contribution in [0.2, 0.25) is 0 Å². The maximum absolute atomic E-state index is 6.88. The largest absolute Gasteiger partial charge is 0.396 e. The summed E-state index contributed by atoms with van der Waals surface area (Å²) in [6, 6.07) is 12.9. The number of anilines is 1. The number of allylic oxidation sites excluding steroid dienone is 22. The fourth-order valence-corrected chi connectivity index (χ4v) is 11.4. The summed E-state index contributed by atoms with van der Waals surface area (Å²) in [6.07, 6.45) is 42.9. The van der Waals surface area contributed by atoms with E-state index in [1.807, 2.05) is 16.3 Å². The zero-order valence-electron chi connectivity index (χ0n) is 30.8. The topological polar surface area (TPSA) is 63.8 Å². The summed E-state index contributed by atoms with van der Waals surface area (Å²) in [4.78, 5) is 10.4. The minimum Gasteiger partial charge on any atom is -0.396 e. The van der Waals surface area contributed by atoms with Gasteiger partial charge in [-0.2, -0.15) is 0 Å². The van der Waals surface area contributed by atoms with E-state index in [9.17, 15) is 0 Å². The normalized spacial score (nSPS) is 28.7. The molecule has 1 fully saturated rings. The first-order valence-electron chi connectivity index (χ1n) is 20.0. The number of hydrogen-bond acceptors (Lipinski definition) is 4. The number of hydrogen-bond donors (Lipinski definition) is 2. The number of benzene rings is 1. The van der Waals surface area contributed by atoms with Gasteiger partial charge in [0.15, 0.2) is 0 Å². The maximum Gasteiger partial charge on any atom is 0.0946 e. The van der Waals surface area contributed by atoms with Crippen LogP contribution in [-0.2, 0) is 0 Å². The van der Waals surface area contributed by atoms with E-state index in [2.05, 4.69) is 155 Å². The van der Waals surface area contributed by atoms with Crippen LogP contribution < -0.4 is 11.1 Å². The first-order chi connectivity index (χ1) is 27.6. The van der Waals surface area contributed by atoms with Gasteiger partial charge in [0.25, 0.3) is 0 Å². The molecule has 1 saturated carbocycles. The van der Waals surface area contributed by atoms with Gasteiger partial charge in [0.2, 0.25) is 0 Å². The van der Waals surface area contributed by atoms with Gasteiger partial charge < -0.3 is 11.1 Å². The Morgan fingerprint density at radius 2 is 1.75 bits per heavy atom. The molecule has 1 aromatic carbocycles. The molecule has 8 aliphatic carbocycles. The highest BCUT2D eigenvalue weighted by Crippen LogP contribution is 2.61. The van der Waals surface area contributed by atoms with E-state index in [1.165, 1.54) is 61.4 Å². The predicted octanol–water partition coefficient (Wildman–Crippen LogP) is 11.5. The van der Waals surface area contributed by atoms with Crippen LogP contribution in [0.3, 0.4) is 0 Å². The molecule has 12 rings (SSSR count). The number of halogens is 1. The van der Waals surface area contributed by atoms with Crippen LogP contribution in [0, 0.1) is 29.6 Å². The third-order valence-electron chi connectivity index (χ3n) is 13.5. The molecule has 0 spiro atoms. The molecule has 6 atom stereocenters. The van der Waals surface area contributed by atoms with E-state index in [1.54, 1.807) is 5.57 Å². The van der Waals surface area contributed by atoms with E-state index in [4.69, 9.17) is 15.7 Å². The van der Waals surface area contributed by atoms with E-state index in [-0.39, 0.29) is 17.9 Å². The zero-order valence-corrected chi connectivity index (χ0v) is 32.9. The highest BCUT2D eigenvalue weighted by molar-refractivity contribution is 14.1. The van der Waals surface area contributed by atoms with Crippen LogP contribution in [0.15, 0.2) is 188 Å². The van der Waals surface area contributed by atoms with Gasteiger partial charge in [0.1, 0.15) is 0 Å². The Morgan fingerprint density at radius 3 is 2.70 bits per heavy atom. The molecule has 1 aliphatic heterocycles. The maximum atomic E-state index is 6.88. The standard InChI is InChI=1S/C51H39IN4/c52-23-22-28-14-15-30-18-20-43(55-49(30)48(28)53)46-35-10-3-4-11-36(35)47(44-21-19-31-17-16-29-8-6-24-54-50(29)51(31)56-44)41-26-38-37-13-5-12-34-33-9-2-1-7-32(33)25-40(45(34)37)39(38)27-42(41)46/h1-3,5-10,12,14-27,32-33,37,41-42,51,56H,4,11,13,53H2/b23-22-. The molecule has 6 unspecified atom stereocenters. The molecule has 0 saturated heterocycles. The van der Waals surface area contributed by atoms with Gasteiger partial charge >= 0.3 is 0 Å². The van der Waals surface area contributed by atoms with Crippen molar-refractivity contribution in [1.82, 2.24) is 15.3 Å². The summed E-state index contributed by atoms with van der Waals surface area (Å²) >= 11 is 2.26. The molecular formula is C51H39IN4. The number of nitrogens with zero attached hydrogens (tertiary/aromatic N) is 2. The monoisotopic (exact) mass is 834 g/mol. The zero-order chi connectivity index (χ0) is 37.1. The van der Waals surface area contributed by atoms with Gasteiger partial charge in [-0.3, -0.25) is 4.98 Å². The van der Waals surface area contributed by atoms with E-state index in [0.717, 1.165) is 52.8 Å². The molecule has 2 aromatic heterocycles. The van der Waals surface area contributed by atoms with Crippen LogP contribution in [0.4, 0.5) is 5.69 Å². The van der Waals surface area contributed by atoms with Crippen LogP contribution in [0.1, 0.15) is 47.8 Å².